The first-order chi connectivity index (χ1) is 10.5. The van der Waals surface area contributed by atoms with Gasteiger partial charge >= 0.3 is 0 Å². The Bertz CT molecular complexity index is 526. The number of aliphatic imine (C=N–C) groups is 1. The Balaban J connectivity index is 1.54. The molecule has 0 amide bonds. The summed E-state index contributed by atoms with van der Waals surface area (Å²) in [5.74, 6) is 2.02. The highest BCUT2D eigenvalue weighted by atomic mass is 32.1. The number of rotatable bonds is 4. The van der Waals surface area contributed by atoms with E-state index in [1.54, 1.807) is 11.3 Å². The maximum atomic E-state index is 5.86. The van der Waals surface area contributed by atoms with Crippen molar-refractivity contribution >= 4 is 17.3 Å². The summed E-state index contributed by atoms with van der Waals surface area (Å²) in [5.41, 5.74) is 1.57. The Labute approximate surface area is 137 Å². The summed E-state index contributed by atoms with van der Waals surface area (Å²) >= 11 is 1.75. The van der Waals surface area contributed by atoms with Gasteiger partial charge in [0.25, 0.3) is 0 Å². The first-order valence-corrected chi connectivity index (χ1v) is 9.09. The normalized spacial score (nSPS) is 31.3. The van der Waals surface area contributed by atoms with Crippen LogP contribution in [-0.2, 0) is 4.74 Å². The minimum atomic E-state index is 0.178. The largest absolute Gasteiger partial charge is 0.377 e. The van der Waals surface area contributed by atoms with Gasteiger partial charge in [0.2, 0.25) is 0 Å². The first-order valence-electron chi connectivity index (χ1n) is 8.15. The summed E-state index contributed by atoms with van der Waals surface area (Å²) < 4.78 is 5.86. The predicted octanol–water partition coefficient (Wildman–Crippen LogP) is 2.83. The van der Waals surface area contributed by atoms with Crippen LogP contribution in [0.2, 0.25) is 0 Å². The average molecular weight is 321 g/mol. The molecule has 1 saturated carbocycles. The lowest BCUT2D eigenvalue weighted by molar-refractivity contribution is -0.106. The molecule has 5 heteroatoms. The minimum Gasteiger partial charge on any atom is -0.377 e. The van der Waals surface area contributed by atoms with Gasteiger partial charge in [-0.15, -0.1) is 0 Å². The average Bonchev–Trinajstić information content (AvgIpc) is 3.17. The summed E-state index contributed by atoms with van der Waals surface area (Å²) in [6.45, 7) is 8.62. The highest BCUT2D eigenvalue weighted by Crippen LogP contribution is 2.52. The van der Waals surface area contributed by atoms with Gasteiger partial charge < -0.3 is 15.4 Å². The van der Waals surface area contributed by atoms with Crippen LogP contribution in [0, 0.1) is 11.3 Å². The Kier molecular flexibility index (Phi) is 4.46. The van der Waals surface area contributed by atoms with E-state index in [-0.39, 0.29) is 5.41 Å². The summed E-state index contributed by atoms with van der Waals surface area (Å²) in [5, 5.41) is 11.5. The van der Waals surface area contributed by atoms with Gasteiger partial charge in [0, 0.05) is 37.6 Å². The van der Waals surface area contributed by atoms with Crippen LogP contribution >= 0.6 is 11.3 Å². The molecule has 4 nitrogen and oxygen atoms in total. The molecule has 0 radical (unpaired) electrons. The number of hydrogen-bond acceptors (Lipinski definition) is 3. The van der Waals surface area contributed by atoms with E-state index in [2.05, 4.69) is 53.2 Å². The van der Waals surface area contributed by atoms with Crippen molar-refractivity contribution in [2.45, 2.75) is 45.3 Å². The smallest absolute Gasteiger partial charge is 0.191 e. The van der Waals surface area contributed by atoms with Gasteiger partial charge in [-0.2, -0.15) is 11.3 Å². The Morgan fingerprint density at radius 2 is 2.36 bits per heavy atom. The Morgan fingerprint density at radius 3 is 3.05 bits per heavy atom. The number of nitrogens with one attached hydrogen (secondary N) is 2. The fourth-order valence-electron chi connectivity index (χ4n) is 3.88. The van der Waals surface area contributed by atoms with Gasteiger partial charge in [-0.1, -0.05) is 20.8 Å². The maximum absolute atomic E-state index is 5.86. The molecule has 122 valence electrons. The highest BCUT2D eigenvalue weighted by Gasteiger charge is 2.59. The molecule has 2 heterocycles. The third-order valence-corrected chi connectivity index (χ3v) is 6.01. The van der Waals surface area contributed by atoms with Gasteiger partial charge in [0.1, 0.15) is 0 Å². The van der Waals surface area contributed by atoms with Crippen LogP contribution in [0.1, 0.15) is 38.7 Å². The van der Waals surface area contributed by atoms with E-state index in [1.165, 1.54) is 5.56 Å². The van der Waals surface area contributed by atoms with Crippen LogP contribution in [-0.4, -0.2) is 38.3 Å². The van der Waals surface area contributed by atoms with Crippen LogP contribution in [0.4, 0.5) is 0 Å². The monoisotopic (exact) mass is 321 g/mol. The van der Waals surface area contributed by atoms with Gasteiger partial charge in [0.05, 0.1) is 6.10 Å². The molecular weight excluding hydrogens is 294 g/mol. The molecule has 0 spiro atoms. The van der Waals surface area contributed by atoms with E-state index >= 15 is 0 Å². The van der Waals surface area contributed by atoms with E-state index in [0.29, 0.717) is 24.0 Å². The summed E-state index contributed by atoms with van der Waals surface area (Å²) in [4.78, 5) is 4.40. The van der Waals surface area contributed by atoms with Gasteiger partial charge in [-0.05, 0) is 34.7 Å². The topological polar surface area (TPSA) is 45.7 Å². The fourth-order valence-corrected chi connectivity index (χ4v) is 4.66. The third-order valence-electron chi connectivity index (χ3n) is 5.30. The number of thiophene rings is 1. The zero-order valence-electron chi connectivity index (χ0n) is 13.9. The number of guanidine groups is 1. The molecule has 2 N–H and O–H groups in total. The number of ether oxygens (including phenoxy) is 1. The molecule has 1 aliphatic heterocycles. The quantitative estimate of drug-likeness (QED) is 0.662. The second-order valence-electron chi connectivity index (χ2n) is 7.10. The minimum absolute atomic E-state index is 0.178. The molecule has 2 aliphatic rings. The summed E-state index contributed by atoms with van der Waals surface area (Å²) in [6.07, 6.45) is 1.57. The van der Waals surface area contributed by atoms with Crippen molar-refractivity contribution in [2.75, 3.05) is 20.2 Å². The van der Waals surface area contributed by atoms with Crippen LogP contribution in [0.5, 0.6) is 0 Å². The first kappa shape index (κ1) is 15.8. The highest BCUT2D eigenvalue weighted by molar-refractivity contribution is 7.07. The molecule has 22 heavy (non-hydrogen) atoms. The van der Waals surface area contributed by atoms with Crippen molar-refractivity contribution in [3.63, 3.8) is 0 Å². The second-order valence-corrected chi connectivity index (χ2v) is 7.88. The zero-order valence-corrected chi connectivity index (χ0v) is 14.7. The standard InChI is InChI=1S/C17H27N3OS/c1-11(12-6-8-22-10-12)9-19-16(18-4)20-14-13-5-7-21-15(13)17(14,2)3/h6,8,10-11,13-15H,5,7,9H2,1-4H3,(H2,18,19,20). The molecule has 1 aromatic rings. The van der Waals surface area contributed by atoms with Crippen LogP contribution < -0.4 is 10.6 Å². The lowest BCUT2D eigenvalue weighted by Gasteiger charge is -2.54. The summed E-state index contributed by atoms with van der Waals surface area (Å²) in [7, 11) is 1.85. The van der Waals surface area contributed by atoms with Crippen molar-refractivity contribution < 1.29 is 4.74 Å². The molecule has 2 fully saturated rings. The third kappa shape index (κ3) is 2.76. The van der Waals surface area contributed by atoms with Crippen LogP contribution in [0.3, 0.4) is 0 Å². The van der Waals surface area contributed by atoms with Crippen molar-refractivity contribution in [1.29, 1.82) is 0 Å². The number of nitrogens with zero attached hydrogens (tertiary/aromatic N) is 1. The van der Waals surface area contributed by atoms with E-state index < -0.39 is 0 Å². The summed E-state index contributed by atoms with van der Waals surface area (Å²) in [6, 6.07) is 2.64. The molecule has 4 atom stereocenters. The molecular formula is C17H27N3OS. The SMILES string of the molecule is CN=C(NCC(C)c1ccsc1)NC1C2CCOC2C1(C)C. The fraction of sp³-hybridized carbons (Fsp3) is 0.706. The van der Waals surface area contributed by atoms with Crippen molar-refractivity contribution in [3.05, 3.63) is 22.4 Å². The second kappa shape index (κ2) is 6.20. The molecule has 0 aromatic carbocycles. The predicted molar refractivity (Wildman–Crippen MR) is 92.6 cm³/mol. The van der Waals surface area contributed by atoms with E-state index in [0.717, 1.165) is 25.5 Å². The Hall–Kier alpha value is -1.07. The van der Waals surface area contributed by atoms with Gasteiger partial charge in [-0.25, -0.2) is 0 Å². The van der Waals surface area contributed by atoms with Crippen molar-refractivity contribution in [1.82, 2.24) is 10.6 Å². The zero-order chi connectivity index (χ0) is 15.7. The molecule has 3 rings (SSSR count). The van der Waals surface area contributed by atoms with Crippen LogP contribution in [0.25, 0.3) is 0 Å². The maximum Gasteiger partial charge on any atom is 0.191 e. The molecule has 1 aromatic heterocycles. The molecule has 0 bridgehead atoms. The van der Waals surface area contributed by atoms with Crippen molar-refractivity contribution in [3.8, 4) is 0 Å². The van der Waals surface area contributed by atoms with Gasteiger partial charge in [0.15, 0.2) is 5.96 Å². The van der Waals surface area contributed by atoms with E-state index in [9.17, 15) is 0 Å². The van der Waals surface area contributed by atoms with E-state index in [4.69, 9.17) is 4.74 Å². The lowest BCUT2D eigenvalue weighted by Crippen LogP contribution is -2.68. The Morgan fingerprint density at radius 1 is 1.55 bits per heavy atom. The number of fused-ring (bicyclic) bond motifs is 1. The molecule has 1 saturated heterocycles. The van der Waals surface area contributed by atoms with Crippen LogP contribution in [0.15, 0.2) is 21.8 Å². The van der Waals surface area contributed by atoms with Gasteiger partial charge in [-0.3, -0.25) is 4.99 Å². The number of hydrogen-bond donors (Lipinski definition) is 2. The molecule has 4 unspecified atom stereocenters. The lowest BCUT2D eigenvalue weighted by atomic mass is 9.57. The molecule has 1 aliphatic carbocycles. The van der Waals surface area contributed by atoms with Crippen molar-refractivity contribution in [2.24, 2.45) is 16.3 Å². The van der Waals surface area contributed by atoms with E-state index in [1.807, 2.05) is 7.05 Å².